The number of hydrogen-bond acceptors (Lipinski definition) is 1. The van der Waals surface area contributed by atoms with Gasteiger partial charge in [0.05, 0.1) is 5.02 Å². The Labute approximate surface area is 120 Å². The van der Waals surface area contributed by atoms with Gasteiger partial charge in [0.25, 0.3) is 0 Å². The first kappa shape index (κ1) is 14.6. The lowest BCUT2D eigenvalue weighted by atomic mass is 9.69. The minimum Gasteiger partial charge on any atom is -0.382 e. The molecule has 1 aromatic carbocycles. The Bertz CT molecular complexity index is 439. The van der Waals surface area contributed by atoms with E-state index in [0.29, 0.717) is 17.4 Å². The van der Waals surface area contributed by atoms with Crippen molar-refractivity contribution >= 4 is 17.3 Å². The molecule has 0 aromatic heterocycles. The molecule has 0 aliphatic heterocycles. The lowest BCUT2D eigenvalue weighted by Gasteiger charge is -2.41. The zero-order valence-electron chi connectivity index (χ0n) is 12.0. The monoisotopic (exact) mass is 283 g/mol. The molecule has 1 nitrogen and oxygen atoms in total. The fourth-order valence-corrected chi connectivity index (χ4v) is 3.32. The molecular weight excluding hydrogens is 261 g/mol. The SMILES string of the molecule is CC(C)(C)C1CCCCC1Nc1ccc(F)c(Cl)c1. The van der Waals surface area contributed by atoms with Crippen LogP contribution in [0.25, 0.3) is 0 Å². The highest BCUT2D eigenvalue weighted by Crippen LogP contribution is 2.39. The second-order valence-corrected chi connectivity index (χ2v) is 7.04. The van der Waals surface area contributed by atoms with Gasteiger partial charge in [-0.05, 0) is 42.4 Å². The summed E-state index contributed by atoms with van der Waals surface area (Å²) in [6.07, 6.45) is 5.01. The molecule has 2 unspecified atom stereocenters. The van der Waals surface area contributed by atoms with Crippen molar-refractivity contribution in [2.75, 3.05) is 5.32 Å². The van der Waals surface area contributed by atoms with Crippen LogP contribution in [-0.2, 0) is 0 Å². The maximum atomic E-state index is 13.2. The van der Waals surface area contributed by atoms with Gasteiger partial charge in [-0.15, -0.1) is 0 Å². The fourth-order valence-electron chi connectivity index (χ4n) is 3.14. The van der Waals surface area contributed by atoms with Crippen LogP contribution < -0.4 is 5.32 Å². The van der Waals surface area contributed by atoms with Gasteiger partial charge in [-0.1, -0.05) is 45.2 Å². The van der Waals surface area contributed by atoms with E-state index < -0.39 is 0 Å². The zero-order valence-corrected chi connectivity index (χ0v) is 12.7. The number of hydrogen-bond donors (Lipinski definition) is 1. The Balaban J connectivity index is 2.13. The highest BCUT2D eigenvalue weighted by Gasteiger charge is 2.34. The maximum Gasteiger partial charge on any atom is 0.141 e. The molecule has 0 heterocycles. The highest BCUT2D eigenvalue weighted by atomic mass is 35.5. The van der Waals surface area contributed by atoms with Crippen LogP contribution in [0.1, 0.15) is 46.5 Å². The molecular formula is C16H23ClFN. The molecule has 0 amide bonds. The van der Waals surface area contributed by atoms with Gasteiger partial charge in [0, 0.05) is 11.7 Å². The molecule has 106 valence electrons. The van der Waals surface area contributed by atoms with Crippen molar-refractivity contribution in [3.63, 3.8) is 0 Å². The van der Waals surface area contributed by atoms with Gasteiger partial charge in [-0.3, -0.25) is 0 Å². The molecule has 0 bridgehead atoms. The predicted molar refractivity (Wildman–Crippen MR) is 80.2 cm³/mol. The summed E-state index contributed by atoms with van der Waals surface area (Å²) in [6, 6.07) is 5.34. The van der Waals surface area contributed by atoms with Crippen molar-refractivity contribution in [2.45, 2.75) is 52.5 Å². The summed E-state index contributed by atoms with van der Waals surface area (Å²) in [5.41, 5.74) is 1.22. The Morgan fingerprint density at radius 3 is 2.53 bits per heavy atom. The number of benzene rings is 1. The third-order valence-corrected chi connectivity index (χ3v) is 4.44. The van der Waals surface area contributed by atoms with E-state index in [-0.39, 0.29) is 10.8 Å². The van der Waals surface area contributed by atoms with E-state index >= 15 is 0 Å². The van der Waals surface area contributed by atoms with Crippen molar-refractivity contribution in [3.8, 4) is 0 Å². The van der Waals surface area contributed by atoms with Crippen molar-refractivity contribution in [2.24, 2.45) is 11.3 Å². The first-order chi connectivity index (χ1) is 8.88. The zero-order chi connectivity index (χ0) is 14.0. The van der Waals surface area contributed by atoms with Crippen LogP contribution in [0.4, 0.5) is 10.1 Å². The molecule has 0 saturated heterocycles. The third-order valence-electron chi connectivity index (χ3n) is 4.15. The first-order valence-corrected chi connectivity index (χ1v) is 7.47. The minimum atomic E-state index is -0.358. The molecule has 19 heavy (non-hydrogen) atoms. The van der Waals surface area contributed by atoms with Crippen LogP contribution >= 0.6 is 11.6 Å². The molecule has 1 fully saturated rings. The number of halogens is 2. The van der Waals surface area contributed by atoms with Gasteiger partial charge in [0.15, 0.2) is 0 Å². The van der Waals surface area contributed by atoms with E-state index in [9.17, 15) is 4.39 Å². The smallest absolute Gasteiger partial charge is 0.141 e. The van der Waals surface area contributed by atoms with Gasteiger partial charge in [0.2, 0.25) is 0 Å². The van der Waals surface area contributed by atoms with Crippen LogP contribution in [0.15, 0.2) is 18.2 Å². The molecule has 1 aliphatic carbocycles. The molecule has 2 rings (SSSR count). The maximum absolute atomic E-state index is 13.2. The van der Waals surface area contributed by atoms with Crippen molar-refractivity contribution < 1.29 is 4.39 Å². The molecule has 1 N–H and O–H groups in total. The molecule has 0 radical (unpaired) electrons. The third kappa shape index (κ3) is 3.62. The van der Waals surface area contributed by atoms with Crippen LogP contribution in [0, 0.1) is 17.2 Å². The normalized spacial score (nSPS) is 24.3. The Hall–Kier alpha value is -0.760. The summed E-state index contributed by atoms with van der Waals surface area (Å²) in [6.45, 7) is 6.90. The van der Waals surface area contributed by atoms with Crippen LogP contribution in [0.5, 0.6) is 0 Å². The summed E-state index contributed by atoms with van der Waals surface area (Å²) in [4.78, 5) is 0. The molecule has 1 aliphatic rings. The number of nitrogens with one attached hydrogen (secondary N) is 1. The van der Waals surface area contributed by atoms with Gasteiger partial charge >= 0.3 is 0 Å². The largest absolute Gasteiger partial charge is 0.382 e. The molecule has 2 atom stereocenters. The van der Waals surface area contributed by atoms with Crippen molar-refractivity contribution in [3.05, 3.63) is 29.0 Å². The van der Waals surface area contributed by atoms with Crippen molar-refractivity contribution in [1.82, 2.24) is 0 Å². The average molecular weight is 284 g/mol. The standard InChI is InChI=1S/C16H23ClFN/c1-16(2,3)12-6-4-5-7-15(12)19-11-8-9-14(18)13(17)10-11/h8-10,12,15,19H,4-7H2,1-3H3. The van der Waals surface area contributed by atoms with E-state index in [4.69, 9.17) is 11.6 Å². The van der Waals surface area contributed by atoms with E-state index in [2.05, 4.69) is 26.1 Å². The molecule has 1 aromatic rings. The summed E-state index contributed by atoms with van der Waals surface area (Å²) < 4.78 is 13.2. The van der Waals surface area contributed by atoms with Gasteiger partial charge in [-0.2, -0.15) is 0 Å². The summed E-state index contributed by atoms with van der Waals surface area (Å²) in [5, 5.41) is 3.74. The fraction of sp³-hybridized carbons (Fsp3) is 0.625. The highest BCUT2D eigenvalue weighted by molar-refractivity contribution is 6.31. The second-order valence-electron chi connectivity index (χ2n) is 6.64. The predicted octanol–water partition coefficient (Wildman–Crippen LogP) is 5.50. The lowest BCUT2D eigenvalue weighted by molar-refractivity contribution is 0.163. The average Bonchev–Trinajstić information content (AvgIpc) is 2.33. The quantitative estimate of drug-likeness (QED) is 0.756. The van der Waals surface area contributed by atoms with Crippen LogP contribution in [0.3, 0.4) is 0 Å². The van der Waals surface area contributed by atoms with Gasteiger partial charge in [-0.25, -0.2) is 4.39 Å². The summed E-state index contributed by atoms with van der Waals surface area (Å²) in [7, 11) is 0. The van der Waals surface area contributed by atoms with E-state index in [1.54, 1.807) is 12.1 Å². The lowest BCUT2D eigenvalue weighted by Crippen LogP contribution is -2.39. The van der Waals surface area contributed by atoms with E-state index in [1.165, 1.54) is 31.7 Å². The molecule has 0 spiro atoms. The summed E-state index contributed by atoms with van der Waals surface area (Å²) >= 11 is 5.84. The van der Waals surface area contributed by atoms with Crippen LogP contribution in [0.2, 0.25) is 5.02 Å². The van der Waals surface area contributed by atoms with Crippen LogP contribution in [-0.4, -0.2) is 6.04 Å². The first-order valence-electron chi connectivity index (χ1n) is 7.09. The number of rotatable bonds is 2. The Morgan fingerprint density at radius 2 is 1.89 bits per heavy atom. The van der Waals surface area contributed by atoms with Crippen molar-refractivity contribution in [1.29, 1.82) is 0 Å². The minimum absolute atomic E-state index is 0.188. The van der Waals surface area contributed by atoms with E-state index in [1.807, 2.05) is 0 Å². The van der Waals surface area contributed by atoms with E-state index in [0.717, 1.165) is 5.69 Å². The Kier molecular flexibility index (Phi) is 4.39. The molecule has 1 saturated carbocycles. The number of anilines is 1. The molecule has 3 heteroatoms. The Morgan fingerprint density at radius 1 is 1.21 bits per heavy atom. The van der Waals surface area contributed by atoms with Gasteiger partial charge < -0.3 is 5.32 Å². The topological polar surface area (TPSA) is 12.0 Å². The summed E-state index contributed by atoms with van der Waals surface area (Å²) in [5.74, 6) is 0.285. The second kappa shape index (κ2) is 5.70. The van der Waals surface area contributed by atoms with Gasteiger partial charge in [0.1, 0.15) is 5.82 Å².